The van der Waals surface area contributed by atoms with E-state index in [4.69, 9.17) is 4.74 Å². The summed E-state index contributed by atoms with van der Waals surface area (Å²) in [6.45, 7) is 1.58. The summed E-state index contributed by atoms with van der Waals surface area (Å²) in [6, 6.07) is 0. The second-order valence-corrected chi connectivity index (χ2v) is 4.93. The number of amides is 1. The van der Waals surface area contributed by atoms with Gasteiger partial charge in [-0.1, -0.05) is 5.21 Å². The number of tetrazole rings is 1. The maximum Gasteiger partial charge on any atom is 0.222 e. The van der Waals surface area contributed by atoms with Crippen LogP contribution in [0.15, 0.2) is 12.4 Å². The minimum absolute atomic E-state index is 0.135. The van der Waals surface area contributed by atoms with Crippen molar-refractivity contribution in [2.75, 3.05) is 19.7 Å². The predicted molar refractivity (Wildman–Crippen MR) is 71.0 cm³/mol. The minimum Gasteiger partial charge on any atom is -0.366 e. The van der Waals surface area contributed by atoms with Gasteiger partial charge in [-0.3, -0.25) is 9.89 Å². The van der Waals surface area contributed by atoms with E-state index < -0.39 is 0 Å². The first kappa shape index (κ1) is 13.7. The smallest absolute Gasteiger partial charge is 0.222 e. The molecule has 1 atom stereocenters. The van der Waals surface area contributed by atoms with Crippen molar-refractivity contribution >= 4 is 5.91 Å². The summed E-state index contributed by atoms with van der Waals surface area (Å²) in [7, 11) is 0. The van der Waals surface area contributed by atoms with Crippen LogP contribution in [-0.2, 0) is 16.0 Å². The molecule has 0 radical (unpaired) electrons. The normalized spacial score (nSPS) is 18.9. The quantitative estimate of drug-likeness (QED) is 0.792. The Labute approximate surface area is 121 Å². The summed E-state index contributed by atoms with van der Waals surface area (Å²) in [6.07, 6.45) is 5.51. The molecule has 1 fully saturated rings. The highest BCUT2D eigenvalue weighted by Gasteiger charge is 2.27. The number of aromatic amines is 2. The molecule has 1 amide bonds. The lowest BCUT2D eigenvalue weighted by molar-refractivity contribution is -0.139. The average Bonchev–Trinajstić information content (AvgIpc) is 3.21. The number of hydrogen-bond donors (Lipinski definition) is 2. The van der Waals surface area contributed by atoms with Gasteiger partial charge in [-0.25, -0.2) is 0 Å². The van der Waals surface area contributed by atoms with Crippen molar-refractivity contribution in [3.8, 4) is 0 Å². The Morgan fingerprint density at radius 3 is 3.24 bits per heavy atom. The van der Waals surface area contributed by atoms with E-state index in [0.717, 1.165) is 18.4 Å². The van der Waals surface area contributed by atoms with Crippen molar-refractivity contribution < 1.29 is 9.53 Å². The first-order valence-corrected chi connectivity index (χ1v) is 6.93. The molecule has 21 heavy (non-hydrogen) atoms. The van der Waals surface area contributed by atoms with Gasteiger partial charge in [0.1, 0.15) is 6.10 Å². The van der Waals surface area contributed by atoms with Crippen molar-refractivity contribution in [3.63, 3.8) is 0 Å². The van der Waals surface area contributed by atoms with E-state index in [1.165, 1.54) is 0 Å². The molecule has 0 saturated carbocycles. The number of nitrogens with one attached hydrogen (secondary N) is 2. The lowest BCUT2D eigenvalue weighted by Gasteiger charge is -2.31. The van der Waals surface area contributed by atoms with Gasteiger partial charge in [0.25, 0.3) is 0 Å². The standard InChI is InChI=1S/C12H17N7O2/c20-11(3-1-2-9-6-13-14-7-9)19-4-5-21-10(8-19)12-15-17-18-16-12/h6-7,10H,1-5,8H2,(H,13,14)(H,15,16,17,18). The van der Waals surface area contributed by atoms with Gasteiger partial charge in [0.2, 0.25) is 11.7 Å². The van der Waals surface area contributed by atoms with Gasteiger partial charge in [0.15, 0.2) is 0 Å². The fraction of sp³-hybridized carbons (Fsp3) is 0.583. The zero-order chi connectivity index (χ0) is 14.5. The molecule has 2 aromatic heterocycles. The summed E-state index contributed by atoms with van der Waals surface area (Å²) in [4.78, 5) is 14.0. The highest BCUT2D eigenvalue weighted by molar-refractivity contribution is 5.76. The number of rotatable bonds is 5. The Kier molecular flexibility index (Phi) is 4.20. The van der Waals surface area contributed by atoms with E-state index in [-0.39, 0.29) is 12.0 Å². The molecule has 1 saturated heterocycles. The van der Waals surface area contributed by atoms with Crippen LogP contribution >= 0.6 is 0 Å². The SMILES string of the molecule is O=C(CCCc1cn[nH]c1)N1CCOC(c2nn[nH]n2)C1. The van der Waals surface area contributed by atoms with E-state index in [9.17, 15) is 4.79 Å². The van der Waals surface area contributed by atoms with Crippen LogP contribution in [0, 0.1) is 0 Å². The Balaban J connectivity index is 1.48. The number of hydrogen-bond acceptors (Lipinski definition) is 6. The van der Waals surface area contributed by atoms with Gasteiger partial charge in [-0.15, -0.1) is 10.2 Å². The van der Waals surface area contributed by atoms with E-state index in [1.54, 1.807) is 11.1 Å². The molecule has 112 valence electrons. The second-order valence-electron chi connectivity index (χ2n) is 4.93. The third kappa shape index (κ3) is 3.43. The molecule has 1 aliphatic heterocycles. The first-order chi connectivity index (χ1) is 10.3. The van der Waals surface area contributed by atoms with Crippen molar-refractivity contribution in [3.05, 3.63) is 23.8 Å². The average molecular weight is 291 g/mol. The molecule has 9 nitrogen and oxygen atoms in total. The first-order valence-electron chi connectivity index (χ1n) is 6.93. The van der Waals surface area contributed by atoms with Crippen molar-refractivity contribution in [2.45, 2.75) is 25.4 Å². The van der Waals surface area contributed by atoms with Gasteiger partial charge >= 0.3 is 0 Å². The lowest BCUT2D eigenvalue weighted by Crippen LogP contribution is -2.42. The van der Waals surface area contributed by atoms with Gasteiger partial charge < -0.3 is 9.64 Å². The molecule has 1 unspecified atom stereocenters. The summed E-state index contributed by atoms with van der Waals surface area (Å²) in [5.74, 6) is 0.626. The Morgan fingerprint density at radius 1 is 1.52 bits per heavy atom. The number of carbonyl (C=O) groups excluding carboxylic acids is 1. The van der Waals surface area contributed by atoms with Crippen LogP contribution in [0.5, 0.6) is 0 Å². The van der Waals surface area contributed by atoms with Gasteiger partial charge in [0.05, 0.1) is 19.3 Å². The van der Waals surface area contributed by atoms with Crippen molar-refractivity contribution in [2.24, 2.45) is 0 Å². The molecule has 3 rings (SSSR count). The summed E-state index contributed by atoms with van der Waals surface area (Å²) >= 11 is 0. The maximum absolute atomic E-state index is 12.2. The summed E-state index contributed by atoms with van der Waals surface area (Å²) < 4.78 is 5.57. The molecule has 9 heteroatoms. The van der Waals surface area contributed by atoms with E-state index in [1.807, 2.05) is 6.20 Å². The molecule has 1 aliphatic rings. The third-order valence-corrected chi connectivity index (χ3v) is 3.48. The van der Waals surface area contributed by atoms with Gasteiger partial charge in [0, 0.05) is 19.2 Å². The number of aryl methyl sites for hydroxylation is 1. The highest BCUT2D eigenvalue weighted by atomic mass is 16.5. The summed E-state index contributed by atoms with van der Waals surface area (Å²) in [5, 5.41) is 20.4. The van der Waals surface area contributed by atoms with Crippen LogP contribution in [0.2, 0.25) is 0 Å². The third-order valence-electron chi connectivity index (χ3n) is 3.48. The Hall–Kier alpha value is -2.29. The number of carbonyl (C=O) groups is 1. The molecule has 3 heterocycles. The summed E-state index contributed by atoms with van der Waals surface area (Å²) in [5.41, 5.74) is 1.12. The zero-order valence-corrected chi connectivity index (χ0v) is 11.5. The predicted octanol–water partition coefficient (Wildman–Crippen LogP) is -0.154. The molecule has 0 aliphatic carbocycles. The van der Waals surface area contributed by atoms with Crippen molar-refractivity contribution in [1.29, 1.82) is 0 Å². The topological polar surface area (TPSA) is 113 Å². The molecule has 2 N–H and O–H groups in total. The molecule has 0 bridgehead atoms. The molecular formula is C12H17N7O2. The van der Waals surface area contributed by atoms with Crippen LogP contribution in [0.3, 0.4) is 0 Å². The fourth-order valence-electron chi connectivity index (χ4n) is 2.35. The number of nitrogens with zero attached hydrogens (tertiary/aromatic N) is 5. The van der Waals surface area contributed by atoms with Crippen LogP contribution in [0.1, 0.15) is 30.3 Å². The Morgan fingerprint density at radius 2 is 2.48 bits per heavy atom. The second kappa shape index (κ2) is 6.44. The number of ether oxygens (including phenoxy) is 1. The number of morpholine rings is 1. The largest absolute Gasteiger partial charge is 0.366 e. The van der Waals surface area contributed by atoms with E-state index in [2.05, 4.69) is 30.8 Å². The molecule has 2 aromatic rings. The molecule has 0 aromatic carbocycles. The lowest BCUT2D eigenvalue weighted by atomic mass is 10.1. The minimum atomic E-state index is -0.296. The van der Waals surface area contributed by atoms with Gasteiger partial charge in [-0.2, -0.15) is 10.3 Å². The van der Waals surface area contributed by atoms with Crippen molar-refractivity contribution in [1.82, 2.24) is 35.7 Å². The highest BCUT2D eigenvalue weighted by Crippen LogP contribution is 2.19. The molecule has 0 spiro atoms. The zero-order valence-electron chi connectivity index (χ0n) is 11.5. The van der Waals surface area contributed by atoms with Crippen LogP contribution < -0.4 is 0 Å². The number of H-pyrrole nitrogens is 2. The fourth-order valence-corrected chi connectivity index (χ4v) is 2.35. The van der Waals surface area contributed by atoms with E-state index >= 15 is 0 Å². The van der Waals surface area contributed by atoms with Crippen LogP contribution in [-0.4, -0.2) is 61.3 Å². The van der Waals surface area contributed by atoms with E-state index in [0.29, 0.717) is 31.9 Å². The molecular weight excluding hydrogens is 274 g/mol. The Bertz CT molecular complexity index is 554. The maximum atomic E-state index is 12.2. The monoisotopic (exact) mass is 291 g/mol. The van der Waals surface area contributed by atoms with Crippen LogP contribution in [0.25, 0.3) is 0 Å². The van der Waals surface area contributed by atoms with Crippen LogP contribution in [0.4, 0.5) is 0 Å². The van der Waals surface area contributed by atoms with Gasteiger partial charge in [-0.05, 0) is 18.4 Å². The number of aromatic nitrogens is 6.